The predicted octanol–water partition coefficient (Wildman–Crippen LogP) is 2.39. The molecule has 0 unspecified atom stereocenters. The molecule has 0 spiro atoms. The van der Waals surface area contributed by atoms with Crippen LogP contribution in [0.2, 0.25) is 0 Å². The van der Waals surface area contributed by atoms with Crippen LogP contribution in [0.1, 0.15) is 39.4 Å². The highest BCUT2D eigenvalue weighted by Crippen LogP contribution is 2.19. The lowest BCUT2D eigenvalue weighted by Gasteiger charge is -2.34. The molecule has 2 heterocycles. The Morgan fingerprint density at radius 3 is 2.65 bits per heavy atom. The summed E-state index contributed by atoms with van der Waals surface area (Å²) in [4.78, 5) is 7.00. The van der Waals surface area contributed by atoms with Crippen LogP contribution in [0, 0.1) is 0 Å². The maximum atomic E-state index is 4.46. The Balaban J connectivity index is 1.81. The summed E-state index contributed by atoms with van der Waals surface area (Å²) in [6, 6.07) is 1.24. The highest BCUT2D eigenvalue weighted by Gasteiger charge is 2.21. The predicted molar refractivity (Wildman–Crippen MR) is 72.6 cm³/mol. The molecule has 1 aromatic heterocycles. The van der Waals surface area contributed by atoms with Crippen molar-refractivity contribution in [2.24, 2.45) is 0 Å². The van der Waals surface area contributed by atoms with E-state index < -0.39 is 0 Å². The number of likely N-dealkylation sites (tertiary alicyclic amines) is 1. The fourth-order valence-electron chi connectivity index (χ4n) is 2.19. The van der Waals surface area contributed by atoms with Gasteiger partial charge in [0.05, 0.1) is 0 Å². The molecule has 0 bridgehead atoms. The van der Waals surface area contributed by atoms with Crippen LogP contribution in [0.4, 0.5) is 5.13 Å². The second kappa shape index (κ2) is 5.78. The molecule has 0 atom stereocenters. The first-order chi connectivity index (χ1) is 8.19. The molecule has 0 saturated carbocycles. The second-order valence-corrected chi connectivity index (χ2v) is 5.67. The molecule has 0 aromatic carbocycles. The molecular weight excluding hydrogens is 232 g/mol. The molecule has 1 aromatic rings. The van der Waals surface area contributed by atoms with Gasteiger partial charge >= 0.3 is 0 Å². The minimum Gasteiger partial charge on any atom is -0.357 e. The van der Waals surface area contributed by atoms with Crippen molar-refractivity contribution < 1.29 is 0 Å². The topological polar surface area (TPSA) is 41.1 Å². The molecule has 0 amide bonds. The molecule has 17 heavy (non-hydrogen) atoms. The molecule has 4 nitrogen and oxygen atoms in total. The normalized spacial score (nSPS) is 18.8. The van der Waals surface area contributed by atoms with Gasteiger partial charge in [0.25, 0.3) is 0 Å². The zero-order valence-corrected chi connectivity index (χ0v) is 11.8. The van der Waals surface area contributed by atoms with Gasteiger partial charge in [0, 0.05) is 43.1 Å². The van der Waals surface area contributed by atoms with E-state index >= 15 is 0 Å². The van der Waals surface area contributed by atoms with Gasteiger partial charge in [0.2, 0.25) is 5.13 Å². The van der Waals surface area contributed by atoms with Crippen molar-refractivity contribution in [3.8, 4) is 0 Å². The van der Waals surface area contributed by atoms with E-state index in [1.165, 1.54) is 37.5 Å². The lowest BCUT2D eigenvalue weighted by atomic mass is 10.0. The Morgan fingerprint density at radius 1 is 1.41 bits per heavy atom. The van der Waals surface area contributed by atoms with Gasteiger partial charge in [-0.15, -0.1) is 0 Å². The third-order valence-electron chi connectivity index (χ3n) is 3.37. The largest absolute Gasteiger partial charge is 0.357 e. The number of aromatic nitrogens is 2. The molecule has 0 aliphatic carbocycles. The molecule has 5 heteroatoms. The molecule has 1 N–H and O–H groups in total. The maximum Gasteiger partial charge on any atom is 0.202 e. The third kappa shape index (κ3) is 3.39. The van der Waals surface area contributed by atoms with Gasteiger partial charge in [-0.05, 0) is 26.7 Å². The highest BCUT2D eigenvalue weighted by atomic mass is 32.1. The van der Waals surface area contributed by atoms with Crippen LogP contribution in [-0.2, 0) is 6.42 Å². The summed E-state index contributed by atoms with van der Waals surface area (Å²) in [5, 5.41) is 4.50. The van der Waals surface area contributed by atoms with E-state index in [-0.39, 0.29) is 0 Å². The third-order valence-corrected chi connectivity index (χ3v) is 4.06. The van der Waals surface area contributed by atoms with Gasteiger partial charge in [-0.25, -0.2) is 4.98 Å². The van der Waals surface area contributed by atoms with E-state index in [1.807, 2.05) is 0 Å². The molecule has 0 radical (unpaired) electrons. The maximum absolute atomic E-state index is 4.46. The number of anilines is 1. The summed E-state index contributed by atoms with van der Waals surface area (Å²) >= 11 is 1.49. The summed E-state index contributed by atoms with van der Waals surface area (Å²) in [5.74, 6) is 0.956. The van der Waals surface area contributed by atoms with Gasteiger partial charge in [-0.1, -0.05) is 6.92 Å². The van der Waals surface area contributed by atoms with Crippen LogP contribution in [0.5, 0.6) is 0 Å². The number of nitrogens with one attached hydrogen (secondary N) is 1. The van der Waals surface area contributed by atoms with E-state index in [1.54, 1.807) is 0 Å². The van der Waals surface area contributed by atoms with Gasteiger partial charge in [0.1, 0.15) is 5.82 Å². The Kier molecular flexibility index (Phi) is 4.34. The fraction of sp³-hybridized carbons (Fsp3) is 0.833. The average Bonchev–Trinajstić information content (AvgIpc) is 2.77. The van der Waals surface area contributed by atoms with Crippen molar-refractivity contribution in [1.82, 2.24) is 14.3 Å². The Labute approximate surface area is 108 Å². The van der Waals surface area contributed by atoms with Crippen LogP contribution in [0.25, 0.3) is 0 Å². The van der Waals surface area contributed by atoms with Crippen LogP contribution in [0.15, 0.2) is 0 Å². The van der Waals surface area contributed by atoms with Crippen LogP contribution >= 0.6 is 11.5 Å². The molecule has 2 rings (SSSR count). The lowest BCUT2D eigenvalue weighted by Crippen LogP contribution is -2.42. The lowest BCUT2D eigenvalue weighted by molar-refractivity contribution is 0.177. The fourth-order valence-corrected chi connectivity index (χ4v) is 2.92. The first kappa shape index (κ1) is 12.8. The zero-order valence-electron chi connectivity index (χ0n) is 10.9. The van der Waals surface area contributed by atoms with Crippen LogP contribution in [0.3, 0.4) is 0 Å². The standard InChI is InChI=1S/C12H22N4S/c1-4-11-14-12(17-15-11)13-10-5-7-16(8-6-10)9(2)3/h9-10H,4-8H2,1-3H3,(H,13,14,15). The number of piperidine rings is 1. The van der Waals surface area contributed by atoms with Crippen molar-refractivity contribution >= 4 is 16.7 Å². The summed E-state index contributed by atoms with van der Waals surface area (Å²) < 4.78 is 4.30. The monoisotopic (exact) mass is 254 g/mol. The number of nitrogens with zero attached hydrogens (tertiary/aromatic N) is 3. The van der Waals surface area contributed by atoms with Crippen molar-refractivity contribution in [2.45, 2.75) is 52.1 Å². The van der Waals surface area contributed by atoms with E-state index in [9.17, 15) is 0 Å². The van der Waals surface area contributed by atoms with E-state index in [2.05, 4.69) is 40.3 Å². The van der Waals surface area contributed by atoms with Gasteiger partial charge < -0.3 is 10.2 Å². The smallest absolute Gasteiger partial charge is 0.202 e. The quantitative estimate of drug-likeness (QED) is 0.895. The van der Waals surface area contributed by atoms with Crippen LogP contribution < -0.4 is 5.32 Å². The summed E-state index contributed by atoms with van der Waals surface area (Å²) in [5.41, 5.74) is 0. The SMILES string of the molecule is CCc1nsc(NC2CCN(C(C)C)CC2)n1. The van der Waals surface area contributed by atoms with Gasteiger partial charge in [0.15, 0.2) is 0 Å². The summed E-state index contributed by atoms with van der Waals surface area (Å²) in [6.07, 6.45) is 3.34. The Hall–Kier alpha value is -0.680. The molecule has 1 saturated heterocycles. The average molecular weight is 254 g/mol. The molecular formula is C12H22N4S. The van der Waals surface area contributed by atoms with Crippen molar-refractivity contribution in [3.05, 3.63) is 5.82 Å². The van der Waals surface area contributed by atoms with E-state index in [4.69, 9.17) is 0 Å². The number of hydrogen-bond donors (Lipinski definition) is 1. The van der Waals surface area contributed by atoms with Gasteiger partial charge in [-0.2, -0.15) is 4.37 Å². The minimum atomic E-state index is 0.572. The number of aryl methyl sites for hydroxylation is 1. The first-order valence-corrected chi connectivity index (χ1v) is 7.29. The van der Waals surface area contributed by atoms with Crippen LogP contribution in [-0.4, -0.2) is 39.4 Å². The second-order valence-electron chi connectivity index (χ2n) is 4.92. The summed E-state index contributed by atoms with van der Waals surface area (Å²) in [6.45, 7) is 9.01. The van der Waals surface area contributed by atoms with Crippen molar-refractivity contribution in [2.75, 3.05) is 18.4 Å². The van der Waals surface area contributed by atoms with E-state index in [0.717, 1.165) is 17.4 Å². The first-order valence-electron chi connectivity index (χ1n) is 6.52. The van der Waals surface area contributed by atoms with Crippen molar-refractivity contribution in [3.63, 3.8) is 0 Å². The molecule has 96 valence electrons. The minimum absolute atomic E-state index is 0.572. The number of rotatable bonds is 4. The molecule has 1 aliphatic heterocycles. The summed E-state index contributed by atoms with van der Waals surface area (Å²) in [7, 11) is 0. The number of hydrogen-bond acceptors (Lipinski definition) is 5. The highest BCUT2D eigenvalue weighted by molar-refractivity contribution is 7.09. The van der Waals surface area contributed by atoms with E-state index in [0.29, 0.717) is 12.1 Å². The Bertz CT molecular complexity index is 342. The Morgan fingerprint density at radius 2 is 2.12 bits per heavy atom. The molecule has 1 aliphatic rings. The van der Waals surface area contributed by atoms with Gasteiger partial charge in [-0.3, -0.25) is 0 Å². The zero-order chi connectivity index (χ0) is 12.3. The van der Waals surface area contributed by atoms with Crippen molar-refractivity contribution in [1.29, 1.82) is 0 Å². The molecule has 1 fully saturated rings.